The van der Waals surface area contributed by atoms with Crippen molar-refractivity contribution in [1.29, 1.82) is 5.26 Å². The van der Waals surface area contributed by atoms with E-state index in [1.54, 1.807) is 6.07 Å². The lowest BCUT2D eigenvalue weighted by Gasteiger charge is -2.20. The summed E-state index contributed by atoms with van der Waals surface area (Å²) >= 11 is 0. The van der Waals surface area contributed by atoms with Crippen molar-refractivity contribution in [3.63, 3.8) is 0 Å². The van der Waals surface area contributed by atoms with Gasteiger partial charge < -0.3 is 4.74 Å². The molecule has 0 aromatic rings. The minimum atomic E-state index is -0.288. The number of rotatable bonds is 3. The highest BCUT2D eigenvalue weighted by molar-refractivity contribution is 5.75. The van der Waals surface area contributed by atoms with Gasteiger partial charge in [-0.1, -0.05) is 0 Å². The first-order chi connectivity index (χ1) is 6.25. The topological polar surface area (TPSA) is 53.3 Å². The van der Waals surface area contributed by atoms with Gasteiger partial charge in [0.2, 0.25) is 0 Å². The van der Waals surface area contributed by atoms with E-state index in [1.807, 2.05) is 6.92 Å². The van der Waals surface area contributed by atoms with E-state index in [-0.39, 0.29) is 18.6 Å². The van der Waals surface area contributed by atoms with Crippen LogP contribution >= 0.6 is 0 Å². The second-order valence-electron chi connectivity index (χ2n) is 3.18. The van der Waals surface area contributed by atoms with Crippen LogP contribution in [0.15, 0.2) is 0 Å². The van der Waals surface area contributed by atoms with Crippen molar-refractivity contribution < 1.29 is 9.53 Å². The van der Waals surface area contributed by atoms with E-state index >= 15 is 0 Å². The highest BCUT2D eigenvalue weighted by atomic mass is 16.5. The molecule has 0 aliphatic carbocycles. The number of nitriles is 1. The molecule has 0 bridgehead atoms. The maximum absolute atomic E-state index is 11.3. The van der Waals surface area contributed by atoms with E-state index in [9.17, 15) is 4.79 Å². The van der Waals surface area contributed by atoms with Gasteiger partial charge in [0.15, 0.2) is 6.61 Å². The Labute approximate surface area is 78.1 Å². The number of esters is 1. The highest BCUT2D eigenvalue weighted by Crippen LogP contribution is 2.12. The van der Waals surface area contributed by atoms with E-state index in [0.29, 0.717) is 0 Å². The van der Waals surface area contributed by atoms with Crippen molar-refractivity contribution >= 4 is 5.97 Å². The minimum Gasteiger partial charge on any atom is -0.449 e. The monoisotopic (exact) mass is 182 g/mol. The summed E-state index contributed by atoms with van der Waals surface area (Å²) < 4.78 is 4.72. The summed E-state index contributed by atoms with van der Waals surface area (Å²) in [7, 11) is 0. The molecule has 72 valence electrons. The Bertz CT molecular complexity index is 216. The van der Waals surface area contributed by atoms with Gasteiger partial charge in [-0.05, 0) is 32.9 Å². The first-order valence-electron chi connectivity index (χ1n) is 4.53. The number of nitrogens with zero attached hydrogens (tertiary/aromatic N) is 2. The summed E-state index contributed by atoms with van der Waals surface area (Å²) in [5.41, 5.74) is 0. The van der Waals surface area contributed by atoms with E-state index in [0.717, 1.165) is 25.9 Å². The lowest BCUT2D eigenvalue weighted by atomic mass is 10.3. The van der Waals surface area contributed by atoms with Crippen LogP contribution in [0.3, 0.4) is 0 Å². The van der Waals surface area contributed by atoms with Crippen molar-refractivity contribution in [2.75, 3.05) is 19.7 Å². The molecule has 0 radical (unpaired) electrons. The Morgan fingerprint density at radius 3 is 2.77 bits per heavy atom. The predicted octanol–water partition coefficient (Wildman–Crippen LogP) is 0.537. The van der Waals surface area contributed by atoms with Crippen LogP contribution in [0.25, 0.3) is 0 Å². The molecule has 0 aromatic heterocycles. The molecule has 1 fully saturated rings. The average Bonchev–Trinajstić information content (AvgIpc) is 2.65. The molecule has 0 spiro atoms. The molecule has 1 heterocycles. The number of likely N-dealkylation sites (tertiary alicyclic amines) is 1. The Morgan fingerprint density at radius 1 is 1.62 bits per heavy atom. The molecule has 1 rings (SSSR count). The molecule has 4 nitrogen and oxygen atoms in total. The van der Waals surface area contributed by atoms with E-state index in [2.05, 4.69) is 4.90 Å². The molecular formula is C9H14N2O2. The van der Waals surface area contributed by atoms with Gasteiger partial charge in [-0.15, -0.1) is 0 Å². The van der Waals surface area contributed by atoms with E-state index in [4.69, 9.17) is 10.00 Å². The fourth-order valence-corrected chi connectivity index (χ4v) is 1.50. The van der Waals surface area contributed by atoms with Crippen molar-refractivity contribution in [2.45, 2.75) is 25.8 Å². The number of carbonyl (C=O) groups excluding carboxylic acids is 1. The zero-order valence-corrected chi connectivity index (χ0v) is 7.82. The molecular weight excluding hydrogens is 168 g/mol. The molecule has 13 heavy (non-hydrogen) atoms. The van der Waals surface area contributed by atoms with Crippen molar-refractivity contribution in [3.05, 3.63) is 0 Å². The summed E-state index contributed by atoms with van der Waals surface area (Å²) in [6.45, 7) is 3.60. The number of hydrogen-bond donors (Lipinski definition) is 0. The molecule has 1 aliphatic heterocycles. The SMILES string of the molecule is CC(C(=O)OCC#N)N1CCCC1. The Morgan fingerprint density at radius 2 is 2.23 bits per heavy atom. The number of hydrogen-bond acceptors (Lipinski definition) is 4. The predicted molar refractivity (Wildman–Crippen MR) is 46.8 cm³/mol. The first-order valence-corrected chi connectivity index (χ1v) is 4.53. The average molecular weight is 182 g/mol. The maximum atomic E-state index is 11.3. The van der Waals surface area contributed by atoms with Crippen molar-refractivity contribution in [2.24, 2.45) is 0 Å². The van der Waals surface area contributed by atoms with Crippen LogP contribution in [0.4, 0.5) is 0 Å². The smallest absolute Gasteiger partial charge is 0.324 e. The Kier molecular flexibility index (Phi) is 3.71. The fraction of sp³-hybridized carbons (Fsp3) is 0.778. The van der Waals surface area contributed by atoms with Gasteiger partial charge in [-0.3, -0.25) is 9.69 Å². The second-order valence-corrected chi connectivity index (χ2v) is 3.18. The zero-order valence-electron chi connectivity index (χ0n) is 7.82. The van der Waals surface area contributed by atoms with Gasteiger partial charge in [0, 0.05) is 0 Å². The molecule has 1 atom stereocenters. The summed E-state index contributed by atoms with van der Waals surface area (Å²) in [6, 6.07) is 1.58. The summed E-state index contributed by atoms with van der Waals surface area (Å²) in [5, 5.41) is 8.22. The first kappa shape index (κ1) is 10.0. The van der Waals surface area contributed by atoms with Crippen LogP contribution in [0, 0.1) is 11.3 Å². The zero-order chi connectivity index (χ0) is 9.68. The largest absolute Gasteiger partial charge is 0.449 e. The number of carbonyl (C=O) groups is 1. The van der Waals surface area contributed by atoms with Crippen LogP contribution in [0.2, 0.25) is 0 Å². The van der Waals surface area contributed by atoms with Crippen LogP contribution in [-0.2, 0) is 9.53 Å². The molecule has 0 saturated carbocycles. The van der Waals surface area contributed by atoms with Crippen LogP contribution in [-0.4, -0.2) is 36.6 Å². The van der Waals surface area contributed by atoms with Crippen LogP contribution < -0.4 is 0 Å². The molecule has 4 heteroatoms. The third kappa shape index (κ3) is 2.71. The fourth-order valence-electron chi connectivity index (χ4n) is 1.50. The van der Waals surface area contributed by atoms with E-state index in [1.165, 1.54) is 0 Å². The summed E-state index contributed by atoms with van der Waals surface area (Å²) in [5.74, 6) is -0.288. The maximum Gasteiger partial charge on any atom is 0.324 e. The molecule has 0 aromatic carbocycles. The minimum absolute atomic E-state index is 0.142. The van der Waals surface area contributed by atoms with E-state index < -0.39 is 0 Å². The van der Waals surface area contributed by atoms with Gasteiger partial charge in [-0.25, -0.2) is 0 Å². The Balaban J connectivity index is 2.33. The standard InChI is InChI=1S/C9H14N2O2/c1-8(9(12)13-7-4-10)11-5-2-3-6-11/h8H,2-3,5-7H2,1H3. The molecule has 0 amide bonds. The molecule has 1 unspecified atom stereocenters. The van der Waals surface area contributed by atoms with Gasteiger partial charge in [-0.2, -0.15) is 5.26 Å². The van der Waals surface area contributed by atoms with Gasteiger partial charge in [0.25, 0.3) is 0 Å². The third-order valence-corrected chi connectivity index (χ3v) is 2.31. The summed E-state index contributed by atoms with van der Waals surface area (Å²) in [4.78, 5) is 13.4. The van der Waals surface area contributed by atoms with Crippen molar-refractivity contribution in [3.8, 4) is 6.07 Å². The molecule has 1 aliphatic rings. The molecule has 1 saturated heterocycles. The lowest BCUT2D eigenvalue weighted by molar-refractivity contribution is -0.147. The lowest BCUT2D eigenvalue weighted by Crippen LogP contribution is -2.37. The quantitative estimate of drug-likeness (QED) is 0.598. The van der Waals surface area contributed by atoms with Gasteiger partial charge >= 0.3 is 5.97 Å². The highest BCUT2D eigenvalue weighted by Gasteiger charge is 2.24. The normalized spacial score (nSPS) is 19.4. The molecule has 0 N–H and O–H groups in total. The number of ether oxygens (including phenoxy) is 1. The van der Waals surface area contributed by atoms with Crippen molar-refractivity contribution in [1.82, 2.24) is 4.90 Å². The van der Waals surface area contributed by atoms with Gasteiger partial charge in [0.05, 0.1) is 0 Å². The van der Waals surface area contributed by atoms with Crippen LogP contribution in [0.5, 0.6) is 0 Å². The second kappa shape index (κ2) is 4.83. The third-order valence-electron chi connectivity index (χ3n) is 2.31. The Hall–Kier alpha value is -1.08. The summed E-state index contributed by atoms with van der Waals surface area (Å²) in [6.07, 6.45) is 2.30. The van der Waals surface area contributed by atoms with Gasteiger partial charge in [0.1, 0.15) is 12.1 Å². The van der Waals surface area contributed by atoms with Crippen LogP contribution in [0.1, 0.15) is 19.8 Å².